The van der Waals surface area contributed by atoms with Crippen LogP contribution in [-0.2, 0) is 16.1 Å². The van der Waals surface area contributed by atoms with Crippen LogP contribution >= 0.6 is 11.8 Å². The lowest BCUT2D eigenvalue weighted by atomic mass is 10.2. The summed E-state index contributed by atoms with van der Waals surface area (Å²) in [6, 6.07) is 8.07. The molecule has 1 heterocycles. The van der Waals surface area contributed by atoms with Gasteiger partial charge in [-0.1, -0.05) is 17.3 Å². The first kappa shape index (κ1) is 19.4. The SMILES string of the molecule is Cc1cc(NC(=O)C(C)SCC(=O)N(Cc2ccc(F)cc2)C2CC2)no1. The number of amides is 2. The van der Waals surface area contributed by atoms with E-state index in [1.807, 2.05) is 4.90 Å². The summed E-state index contributed by atoms with van der Waals surface area (Å²) in [5, 5.41) is 5.99. The minimum absolute atomic E-state index is 0.0104. The maximum atomic E-state index is 13.1. The van der Waals surface area contributed by atoms with Crippen LogP contribution in [0.15, 0.2) is 34.9 Å². The normalized spacial score (nSPS) is 14.6. The van der Waals surface area contributed by atoms with E-state index in [2.05, 4.69) is 10.5 Å². The molecule has 1 fully saturated rings. The maximum Gasteiger partial charge on any atom is 0.238 e. The first-order valence-electron chi connectivity index (χ1n) is 8.82. The van der Waals surface area contributed by atoms with E-state index >= 15 is 0 Å². The van der Waals surface area contributed by atoms with E-state index in [1.165, 1.54) is 23.9 Å². The Bertz CT molecular complexity index is 805. The number of thioether (sulfide) groups is 1. The average Bonchev–Trinajstić information content (AvgIpc) is 3.41. The molecule has 0 aliphatic heterocycles. The topological polar surface area (TPSA) is 75.4 Å². The van der Waals surface area contributed by atoms with Crippen LogP contribution in [0.4, 0.5) is 10.2 Å². The van der Waals surface area contributed by atoms with E-state index in [-0.39, 0.29) is 29.4 Å². The molecule has 2 aromatic rings. The molecule has 0 saturated heterocycles. The second-order valence-electron chi connectivity index (χ2n) is 6.64. The van der Waals surface area contributed by atoms with E-state index < -0.39 is 5.25 Å². The molecule has 27 heavy (non-hydrogen) atoms. The summed E-state index contributed by atoms with van der Waals surface area (Å²) in [5.74, 6) is 0.667. The largest absolute Gasteiger partial charge is 0.360 e. The molecule has 8 heteroatoms. The molecule has 3 rings (SSSR count). The minimum Gasteiger partial charge on any atom is -0.360 e. The van der Waals surface area contributed by atoms with Gasteiger partial charge in [-0.25, -0.2) is 4.39 Å². The van der Waals surface area contributed by atoms with Crippen molar-refractivity contribution < 1.29 is 18.5 Å². The van der Waals surface area contributed by atoms with E-state index in [4.69, 9.17) is 4.52 Å². The molecule has 0 spiro atoms. The van der Waals surface area contributed by atoms with Gasteiger partial charge in [0.25, 0.3) is 0 Å². The predicted molar refractivity (Wildman–Crippen MR) is 102 cm³/mol. The van der Waals surface area contributed by atoms with Crippen LogP contribution < -0.4 is 5.32 Å². The Morgan fingerprint density at radius 1 is 1.37 bits per heavy atom. The lowest BCUT2D eigenvalue weighted by Crippen LogP contribution is -2.35. The third kappa shape index (κ3) is 5.56. The van der Waals surface area contributed by atoms with Gasteiger partial charge in [-0.2, -0.15) is 0 Å². The fourth-order valence-corrected chi connectivity index (χ4v) is 3.37. The molecule has 1 N–H and O–H groups in total. The number of benzene rings is 1. The van der Waals surface area contributed by atoms with Gasteiger partial charge in [-0.3, -0.25) is 9.59 Å². The standard InChI is InChI=1S/C19H22FN3O3S/c1-12-9-17(22-26-12)21-19(25)13(2)27-11-18(24)23(16-7-8-16)10-14-3-5-15(20)6-4-14/h3-6,9,13,16H,7-8,10-11H2,1-2H3,(H,21,22,25). The first-order chi connectivity index (χ1) is 12.9. The fraction of sp³-hybridized carbons (Fsp3) is 0.421. The zero-order valence-corrected chi connectivity index (χ0v) is 16.1. The molecule has 1 aliphatic carbocycles. The van der Waals surface area contributed by atoms with Crippen LogP contribution in [0, 0.1) is 12.7 Å². The summed E-state index contributed by atoms with van der Waals surface area (Å²) in [7, 11) is 0. The number of carbonyl (C=O) groups excluding carboxylic acids is 2. The van der Waals surface area contributed by atoms with Gasteiger partial charge < -0.3 is 14.7 Å². The fourth-order valence-electron chi connectivity index (χ4n) is 2.60. The van der Waals surface area contributed by atoms with Crippen molar-refractivity contribution in [1.82, 2.24) is 10.1 Å². The lowest BCUT2D eigenvalue weighted by Gasteiger charge is -2.23. The van der Waals surface area contributed by atoms with Crippen molar-refractivity contribution in [3.8, 4) is 0 Å². The number of rotatable bonds is 8. The number of nitrogens with zero attached hydrogens (tertiary/aromatic N) is 2. The molecule has 1 atom stereocenters. The van der Waals surface area contributed by atoms with Crippen molar-refractivity contribution in [2.75, 3.05) is 11.1 Å². The molecular weight excluding hydrogens is 369 g/mol. The Morgan fingerprint density at radius 2 is 2.07 bits per heavy atom. The highest BCUT2D eigenvalue weighted by atomic mass is 32.2. The quantitative estimate of drug-likeness (QED) is 0.747. The molecule has 1 unspecified atom stereocenters. The summed E-state index contributed by atoms with van der Waals surface area (Å²) in [4.78, 5) is 26.7. The highest BCUT2D eigenvalue weighted by Gasteiger charge is 2.32. The molecule has 1 aromatic heterocycles. The summed E-state index contributed by atoms with van der Waals surface area (Å²) in [6.45, 7) is 3.96. The Labute approximate surface area is 161 Å². The number of aryl methyl sites for hydroxylation is 1. The third-order valence-electron chi connectivity index (χ3n) is 4.28. The van der Waals surface area contributed by atoms with Gasteiger partial charge in [0.05, 0.1) is 11.0 Å². The number of anilines is 1. The number of carbonyl (C=O) groups is 2. The van der Waals surface area contributed by atoms with E-state index in [9.17, 15) is 14.0 Å². The molecular formula is C19H22FN3O3S. The second kappa shape index (κ2) is 8.56. The highest BCUT2D eigenvalue weighted by molar-refractivity contribution is 8.01. The number of hydrogen-bond acceptors (Lipinski definition) is 5. The summed E-state index contributed by atoms with van der Waals surface area (Å²) >= 11 is 1.28. The first-order valence-corrected chi connectivity index (χ1v) is 9.87. The van der Waals surface area contributed by atoms with Gasteiger partial charge in [0.15, 0.2) is 5.82 Å². The van der Waals surface area contributed by atoms with Gasteiger partial charge >= 0.3 is 0 Å². The highest BCUT2D eigenvalue weighted by Crippen LogP contribution is 2.29. The van der Waals surface area contributed by atoms with Crippen molar-refractivity contribution in [2.24, 2.45) is 0 Å². The third-order valence-corrected chi connectivity index (χ3v) is 5.41. The van der Waals surface area contributed by atoms with Gasteiger partial charge in [0.2, 0.25) is 11.8 Å². The average molecular weight is 391 g/mol. The van der Waals surface area contributed by atoms with Crippen LogP contribution in [0.3, 0.4) is 0 Å². The number of halogens is 1. The van der Waals surface area contributed by atoms with Crippen molar-refractivity contribution in [2.45, 2.75) is 44.5 Å². The molecule has 1 aromatic carbocycles. The molecule has 6 nitrogen and oxygen atoms in total. The zero-order chi connectivity index (χ0) is 19.4. The van der Waals surface area contributed by atoms with Crippen molar-refractivity contribution in [1.29, 1.82) is 0 Å². The Hall–Kier alpha value is -2.35. The smallest absolute Gasteiger partial charge is 0.238 e. The molecule has 1 saturated carbocycles. The molecule has 1 aliphatic rings. The van der Waals surface area contributed by atoms with Gasteiger partial charge in [-0.05, 0) is 44.4 Å². The summed E-state index contributed by atoms with van der Waals surface area (Å²) < 4.78 is 18.0. The number of aromatic nitrogens is 1. The Balaban J connectivity index is 1.51. The monoisotopic (exact) mass is 391 g/mol. The van der Waals surface area contributed by atoms with E-state index in [0.717, 1.165) is 18.4 Å². The van der Waals surface area contributed by atoms with Crippen LogP contribution in [0.25, 0.3) is 0 Å². The van der Waals surface area contributed by atoms with Crippen molar-refractivity contribution in [3.63, 3.8) is 0 Å². The lowest BCUT2D eigenvalue weighted by molar-refractivity contribution is -0.129. The second-order valence-corrected chi connectivity index (χ2v) is 7.97. The molecule has 2 amide bonds. The van der Waals surface area contributed by atoms with Gasteiger partial charge in [0.1, 0.15) is 11.6 Å². The summed E-state index contributed by atoms with van der Waals surface area (Å²) in [5.41, 5.74) is 0.897. The minimum atomic E-state index is -0.405. The van der Waals surface area contributed by atoms with Crippen LogP contribution in [0.1, 0.15) is 31.1 Å². The molecule has 144 valence electrons. The van der Waals surface area contributed by atoms with Crippen LogP contribution in [0.2, 0.25) is 0 Å². The van der Waals surface area contributed by atoms with Crippen molar-refractivity contribution >= 4 is 29.4 Å². The zero-order valence-electron chi connectivity index (χ0n) is 15.3. The van der Waals surface area contributed by atoms with Gasteiger partial charge in [-0.15, -0.1) is 11.8 Å². The van der Waals surface area contributed by atoms with E-state index in [0.29, 0.717) is 18.1 Å². The van der Waals surface area contributed by atoms with E-state index in [1.54, 1.807) is 32.0 Å². The predicted octanol–water partition coefficient (Wildman–Crippen LogP) is 3.37. The molecule has 0 bridgehead atoms. The van der Waals surface area contributed by atoms with Gasteiger partial charge in [0, 0.05) is 18.7 Å². The Morgan fingerprint density at radius 3 is 2.67 bits per heavy atom. The Kier molecular flexibility index (Phi) is 6.15. The van der Waals surface area contributed by atoms with Crippen LogP contribution in [-0.4, -0.2) is 38.9 Å². The number of nitrogens with one attached hydrogen (secondary N) is 1. The number of hydrogen-bond donors (Lipinski definition) is 1. The summed E-state index contributed by atoms with van der Waals surface area (Å²) in [6.07, 6.45) is 1.97. The maximum absolute atomic E-state index is 13.1. The molecule has 0 radical (unpaired) electrons. The van der Waals surface area contributed by atoms with Crippen molar-refractivity contribution in [3.05, 3.63) is 47.5 Å². The van der Waals surface area contributed by atoms with Crippen LogP contribution in [0.5, 0.6) is 0 Å².